The van der Waals surface area contributed by atoms with E-state index in [1.54, 1.807) is 11.3 Å². The summed E-state index contributed by atoms with van der Waals surface area (Å²) in [6, 6.07) is 12.0. The second-order valence-corrected chi connectivity index (χ2v) is 6.73. The highest BCUT2D eigenvalue weighted by Crippen LogP contribution is 2.29. The monoisotopic (exact) mass is 347 g/mol. The van der Waals surface area contributed by atoms with Crippen molar-refractivity contribution in [1.29, 1.82) is 0 Å². The summed E-state index contributed by atoms with van der Waals surface area (Å²) in [5.74, 6) is 0. The first kappa shape index (κ1) is 13.7. The molecule has 20 heavy (non-hydrogen) atoms. The minimum absolute atomic E-state index is 0.507. The molecule has 0 fully saturated rings. The molecule has 1 N–H and O–H groups in total. The molecule has 0 bridgehead atoms. The van der Waals surface area contributed by atoms with Crippen molar-refractivity contribution in [1.82, 2.24) is 4.98 Å². The third-order valence-electron chi connectivity index (χ3n) is 3.25. The minimum Gasteiger partial charge on any atom is -0.388 e. The predicted octanol–water partition coefficient (Wildman–Crippen LogP) is 4.64. The number of rotatable bonds is 3. The average molecular weight is 348 g/mol. The third kappa shape index (κ3) is 2.77. The van der Waals surface area contributed by atoms with Gasteiger partial charge in [0.2, 0.25) is 0 Å². The van der Waals surface area contributed by atoms with Crippen molar-refractivity contribution in [3.05, 3.63) is 62.4 Å². The van der Waals surface area contributed by atoms with E-state index in [0.717, 1.165) is 26.6 Å². The molecule has 0 amide bonds. The van der Waals surface area contributed by atoms with E-state index in [0.29, 0.717) is 6.42 Å². The van der Waals surface area contributed by atoms with Gasteiger partial charge in [-0.05, 0) is 46.6 Å². The van der Waals surface area contributed by atoms with E-state index >= 15 is 0 Å². The number of nitrogens with zero attached hydrogens (tertiary/aromatic N) is 1. The van der Waals surface area contributed by atoms with Crippen LogP contribution in [-0.2, 0) is 6.42 Å². The van der Waals surface area contributed by atoms with E-state index in [2.05, 4.69) is 27.0 Å². The van der Waals surface area contributed by atoms with Gasteiger partial charge in [0, 0.05) is 32.2 Å². The van der Waals surface area contributed by atoms with Crippen LogP contribution in [0.1, 0.15) is 22.2 Å². The lowest BCUT2D eigenvalue weighted by Gasteiger charge is -2.13. The van der Waals surface area contributed by atoms with E-state index < -0.39 is 6.10 Å². The summed E-state index contributed by atoms with van der Waals surface area (Å²) < 4.78 is 1.07. The maximum atomic E-state index is 10.6. The number of halogens is 1. The first-order valence-electron chi connectivity index (χ1n) is 6.41. The van der Waals surface area contributed by atoms with Crippen LogP contribution in [0.4, 0.5) is 0 Å². The van der Waals surface area contributed by atoms with Gasteiger partial charge in [-0.15, -0.1) is 11.3 Å². The molecule has 0 saturated heterocycles. The van der Waals surface area contributed by atoms with Crippen molar-refractivity contribution < 1.29 is 5.11 Å². The highest BCUT2D eigenvalue weighted by atomic mass is 79.9. The lowest BCUT2D eigenvalue weighted by atomic mass is 10.0. The Morgan fingerprint density at radius 1 is 1.30 bits per heavy atom. The zero-order valence-corrected chi connectivity index (χ0v) is 13.4. The molecule has 0 saturated carbocycles. The number of fused-ring (bicyclic) bond motifs is 1. The Morgan fingerprint density at radius 2 is 2.10 bits per heavy atom. The van der Waals surface area contributed by atoms with E-state index in [-0.39, 0.29) is 0 Å². The first-order valence-corrected chi connectivity index (χ1v) is 8.08. The van der Waals surface area contributed by atoms with Crippen molar-refractivity contribution in [2.24, 2.45) is 0 Å². The maximum Gasteiger partial charge on any atom is 0.0845 e. The number of para-hydroxylation sites is 1. The summed E-state index contributed by atoms with van der Waals surface area (Å²) >= 11 is 5.11. The second-order valence-electron chi connectivity index (χ2n) is 4.82. The molecule has 0 aliphatic carbocycles. The van der Waals surface area contributed by atoms with Gasteiger partial charge in [-0.2, -0.15) is 0 Å². The number of hydrogen-bond donors (Lipinski definition) is 1. The number of aryl methyl sites for hydroxylation is 1. The normalized spacial score (nSPS) is 12.8. The molecule has 0 aliphatic heterocycles. The average Bonchev–Trinajstić information content (AvgIpc) is 2.83. The van der Waals surface area contributed by atoms with Gasteiger partial charge in [0.05, 0.1) is 11.6 Å². The fourth-order valence-corrected chi connectivity index (χ4v) is 3.87. The van der Waals surface area contributed by atoms with Crippen LogP contribution in [0.5, 0.6) is 0 Å². The van der Waals surface area contributed by atoms with Crippen LogP contribution in [-0.4, -0.2) is 10.1 Å². The van der Waals surface area contributed by atoms with Crippen LogP contribution in [0.15, 0.2) is 46.3 Å². The highest BCUT2D eigenvalue weighted by Gasteiger charge is 2.14. The quantitative estimate of drug-likeness (QED) is 0.748. The van der Waals surface area contributed by atoms with Crippen LogP contribution < -0.4 is 0 Å². The number of aromatic nitrogens is 1. The zero-order valence-electron chi connectivity index (χ0n) is 11.0. The molecule has 1 unspecified atom stereocenters. The summed E-state index contributed by atoms with van der Waals surface area (Å²) in [6.45, 7) is 1.96. The first-order chi connectivity index (χ1) is 9.63. The van der Waals surface area contributed by atoms with Crippen molar-refractivity contribution in [2.75, 3.05) is 0 Å². The van der Waals surface area contributed by atoms with Gasteiger partial charge in [-0.1, -0.05) is 18.2 Å². The lowest BCUT2D eigenvalue weighted by molar-refractivity contribution is 0.181. The van der Waals surface area contributed by atoms with Crippen LogP contribution in [0.3, 0.4) is 0 Å². The third-order valence-corrected chi connectivity index (χ3v) is 4.97. The van der Waals surface area contributed by atoms with Gasteiger partial charge in [0.15, 0.2) is 0 Å². The van der Waals surface area contributed by atoms with Crippen molar-refractivity contribution in [3.63, 3.8) is 0 Å². The molecule has 3 aromatic rings. The summed E-state index contributed by atoms with van der Waals surface area (Å²) in [7, 11) is 0. The van der Waals surface area contributed by atoms with Crippen LogP contribution in [0, 0.1) is 6.92 Å². The number of pyridine rings is 1. The smallest absolute Gasteiger partial charge is 0.0845 e. The highest BCUT2D eigenvalue weighted by molar-refractivity contribution is 9.10. The van der Waals surface area contributed by atoms with Gasteiger partial charge in [-0.25, -0.2) is 0 Å². The Labute approximate surface area is 130 Å². The molecule has 2 nitrogen and oxygen atoms in total. The zero-order chi connectivity index (χ0) is 14.1. The Hall–Kier alpha value is -1.23. The van der Waals surface area contributed by atoms with Crippen LogP contribution in [0.25, 0.3) is 10.9 Å². The number of hydrogen-bond acceptors (Lipinski definition) is 3. The summed E-state index contributed by atoms with van der Waals surface area (Å²) in [6.07, 6.45) is 0.121. The molecule has 102 valence electrons. The lowest BCUT2D eigenvalue weighted by Crippen LogP contribution is -2.03. The molecule has 1 atom stereocenters. The standard InChI is InChI=1S/C16H14BrNOS/c1-10-6-14(13-4-2-3-5-15(13)18-10)16(19)8-12-7-11(17)9-20-12/h2-7,9,16,19H,8H2,1H3. The Bertz CT molecular complexity index is 753. The Balaban J connectivity index is 2.00. The van der Waals surface area contributed by atoms with Gasteiger partial charge in [0.25, 0.3) is 0 Å². The fourth-order valence-electron chi connectivity index (χ4n) is 2.38. The summed E-state index contributed by atoms with van der Waals surface area (Å²) in [5, 5.41) is 13.6. The van der Waals surface area contributed by atoms with Crippen LogP contribution in [0.2, 0.25) is 0 Å². The molecular weight excluding hydrogens is 334 g/mol. The molecule has 3 rings (SSSR count). The van der Waals surface area contributed by atoms with E-state index in [1.807, 2.05) is 42.6 Å². The minimum atomic E-state index is -0.507. The summed E-state index contributed by atoms with van der Waals surface area (Å²) in [4.78, 5) is 5.68. The van der Waals surface area contributed by atoms with Gasteiger partial charge < -0.3 is 5.11 Å². The van der Waals surface area contributed by atoms with E-state index in [1.165, 1.54) is 4.88 Å². The SMILES string of the molecule is Cc1cc(C(O)Cc2cc(Br)cs2)c2ccccc2n1. The van der Waals surface area contributed by atoms with E-state index in [9.17, 15) is 5.11 Å². The number of benzene rings is 1. The van der Waals surface area contributed by atoms with Gasteiger partial charge in [-0.3, -0.25) is 4.98 Å². The number of aliphatic hydroxyl groups is 1. The van der Waals surface area contributed by atoms with Gasteiger partial charge >= 0.3 is 0 Å². The molecular formula is C16H14BrNOS. The van der Waals surface area contributed by atoms with Crippen molar-refractivity contribution in [2.45, 2.75) is 19.4 Å². The molecule has 4 heteroatoms. The molecule has 2 heterocycles. The number of aliphatic hydroxyl groups excluding tert-OH is 1. The second kappa shape index (κ2) is 5.64. The topological polar surface area (TPSA) is 33.1 Å². The number of thiophene rings is 1. The largest absolute Gasteiger partial charge is 0.388 e. The Kier molecular flexibility index (Phi) is 3.87. The maximum absolute atomic E-state index is 10.6. The molecule has 0 radical (unpaired) electrons. The van der Waals surface area contributed by atoms with Crippen molar-refractivity contribution >= 4 is 38.2 Å². The van der Waals surface area contributed by atoms with E-state index in [4.69, 9.17) is 0 Å². The molecule has 2 aromatic heterocycles. The molecule has 1 aromatic carbocycles. The predicted molar refractivity (Wildman–Crippen MR) is 87.2 cm³/mol. The van der Waals surface area contributed by atoms with Crippen molar-refractivity contribution in [3.8, 4) is 0 Å². The summed E-state index contributed by atoms with van der Waals surface area (Å²) in [5.41, 5.74) is 2.83. The molecule has 0 aliphatic rings. The van der Waals surface area contributed by atoms with Gasteiger partial charge in [0.1, 0.15) is 0 Å². The Morgan fingerprint density at radius 3 is 2.85 bits per heavy atom. The van der Waals surface area contributed by atoms with Crippen LogP contribution >= 0.6 is 27.3 Å². The molecule has 0 spiro atoms. The fraction of sp³-hybridized carbons (Fsp3) is 0.188.